The summed E-state index contributed by atoms with van der Waals surface area (Å²) in [6.45, 7) is 3.34. The molecule has 0 aliphatic carbocycles. The summed E-state index contributed by atoms with van der Waals surface area (Å²) in [4.78, 5) is 14.4. The van der Waals surface area contributed by atoms with E-state index >= 15 is 0 Å². The smallest absolute Gasteiger partial charge is 0.318 e. The van der Waals surface area contributed by atoms with Crippen LogP contribution in [-0.2, 0) is 18.3 Å². The number of benzene rings is 1. The molecule has 0 spiro atoms. The van der Waals surface area contributed by atoms with E-state index in [1.165, 1.54) is 12.1 Å². The van der Waals surface area contributed by atoms with Crippen molar-refractivity contribution in [1.29, 1.82) is 0 Å². The summed E-state index contributed by atoms with van der Waals surface area (Å²) in [7, 11) is 3.44. The topological polar surface area (TPSA) is 59.4 Å². The molecule has 1 aromatic heterocycles. The van der Waals surface area contributed by atoms with Gasteiger partial charge in [0.25, 0.3) is 0 Å². The fraction of sp³-hybridized carbons (Fsp3) is 0.444. The summed E-state index contributed by atoms with van der Waals surface area (Å²) >= 11 is 0. The van der Waals surface area contributed by atoms with Crippen LogP contribution < -0.4 is 5.32 Å². The fourth-order valence-electron chi connectivity index (χ4n) is 2.58. The zero-order valence-electron chi connectivity index (χ0n) is 14.9. The van der Waals surface area contributed by atoms with Gasteiger partial charge in [-0.05, 0) is 24.1 Å². The van der Waals surface area contributed by atoms with E-state index in [1.807, 2.05) is 20.2 Å². The first-order chi connectivity index (χ1) is 12.0. The summed E-state index contributed by atoms with van der Waals surface area (Å²) < 4.78 is 19.9. The Hall–Kier alpha value is -2.41. The van der Waals surface area contributed by atoms with Crippen LogP contribution >= 0.6 is 0 Å². The third kappa shape index (κ3) is 5.56. The van der Waals surface area contributed by atoms with Gasteiger partial charge >= 0.3 is 6.03 Å². The molecular weight excluding hydrogens is 323 g/mol. The predicted octanol–water partition coefficient (Wildman–Crippen LogP) is 2.87. The molecule has 0 fully saturated rings. The first-order valence-electron chi connectivity index (χ1n) is 8.30. The van der Waals surface area contributed by atoms with Crippen LogP contribution in [0.15, 0.2) is 36.7 Å². The number of urea groups is 1. The highest BCUT2D eigenvalue weighted by atomic mass is 19.1. The maximum absolute atomic E-state index is 13.1. The molecule has 0 aliphatic heterocycles. The lowest BCUT2D eigenvalue weighted by Crippen LogP contribution is -2.42. The number of nitrogens with one attached hydrogen (secondary N) is 1. The molecule has 0 saturated carbocycles. The van der Waals surface area contributed by atoms with Gasteiger partial charge in [0.2, 0.25) is 0 Å². The number of methoxy groups -OCH3 is 1. The lowest BCUT2D eigenvalue weighted by Gasteiger charge is -2.26. The second-order valence-electron chi connectivity index (χ2n) is 5.90. The number of carbonyl (C=O) groups is 1. The Balaban J connectivity index is 2.06. The summed E-state index contributed by atoms with van der Waals surface area (Å²) in [6, 6.07) is 5.85. The molecule has 6 nitrogen and oxygen atoms in total. The summed E-state index contributed by atoms with van der Waals surface area (Å²) in [5.41, 5.74) is 1.83. The van der Waals surface area contributed by atoms with Crippen LogP contribution in [0.2, 0.25) is 0 Å². The third-order valence-electron chi connectivity index (χ3n) is 3.96. The molecule has 1 N–H and O–H groups in total. The lowest BCUT2D eigenvalue weighted by molar-refractivity contribution is 0.144. The highest BCUT2D eigenvalue weighted by Gasteiger charge is 2.19. The van der Waals surface area contributed by atoms with Gasteiger partial charge in [0, 0.05) is 32.5 Å². The monoisotopic (exact) mass is 348 g/mol. The van der Waals surface area contributed by atoms with Gasteiger partial charge in [-0.1, -0.05) is 19.1 Å². The van der Waals surface area contributed by atoms with Gasteiger partial charge in [0.05, 0.1) is 25.4 Å². The van der Waals surface area contributed by atoms with E-state index in [4.69, 9.17) is 4.74 Å². The Morgan fingerprint density at radius 1 is 1.40 bits per heavy atom. The van der Waals surface area contributed by atoms with Crippen molar-refractivity contribution in [2.45, 2.75) is 25.9 Å². The van der Waals surface area contributed by atoms with E-state index in [0.717, 1.165) is 11.1 Å². The number of aromatic nitrogens is 2. The van der Waals surface area contributed by atoms with Crippen molar-refractivity contribution in [2.24, 2.45) is 7.05 Å². The molecule has 0 aliphatic rings. The van der Waals surface area contributed by atoms with Crippen LogP contribution in [0.5, 0.6) is 0 Å². The molecule has 2 aromatic rings. The standard InChI is InChI=1S/C18H25FN4O2/c1-4-17(15-5-7-16(19)8-6-15)21-18(24)23(9-10-25-3)13-14-11-20-22(2)12-14/h5-8,11-12,17H,4,9-10,13H2,1-3H3,(H,21,24)/t17-/m1/s1. The molecule has 2 amide bonds. The van der Waals surface area contributed by atoms with Gasteiger partial charge in [-0.2, -0.15) is 5.10 Å². The van der Waals surface area contributed by atoms with E-state index in [-0.39, 0.29) is 17.9 Å². The predicted molar refractivity (Wildman–Crippen MR) is 93.5 cm³/mol. The molecule has 25 heavy (non-hydrogen) atoms. The molecule has 2 rings (SSSR count). The van der Waals surface area contributed by atoms with Gasteiger partial charge in [0.15, 0.2) is 0 Å². The number of nitrogens with zero attached hydrogens (tertiary/aromatic N) is 3. The van der Waals surface area contributed by atoms with Crippen molar-refractivity contribution >= 4 is 6.03 Å². The zero-order chi connectivity index (χ0) is 18.2. The van der Waals surface area contributed by atoms with E-state index in [2.05, 4.69) is 10.4 Å². The highest BCUT2D eigenvalue weighted by molar-refractivity contribution is 5.74. The third-order valence-corrected chi connectivity index (χ3v) is 3.96. The van der Waals surface area contributed by atoms with Crippen molar-refractivity contribution in [3.63, 3.8) is 0 Å². The Morgan fingerprint density at radius 3 is 2.68 bits per heavy atom. The first-order valence-corrected chi connectivity index (χ1v) is 8.30. The van der Waals surface area contributed by atoms with Gasteiger partial charge in [0.1, 0.15) is 5.82 Å². The van der Waals surface area contributed by atoms with E-state index in [1.54, 1.807) is 35.0 Å². The first kappa shape index (κ1) is 18.9. The number of amides is 2. The Bertz CT molecular complexity index is 672. The molecule has 0 saturated heterocycles. The number of ether oxygens (including phenoxy) is 1. The quantitative estimate of drug-likeness (QED) is 0.798. The summed E-state index contributed by atoms with van der Waals surface area (Å²) in [6.07, 6.45) is 4.33. The molecule has 0 bridgehead atoms. The Kier molecular flexibility index (Phi) is 6.94. The molecule has 7 heteroatoms. The van der Waals surface area contributed by atoms with Crippen LogP contribution in [-0.4, -0.2) is 41.0 Å². The van der Waals surface area contributed by atoms with Crippen LogP contribution in [0.1, 0.15) is 30.5 Å². The summed E-state index contributed by atoms with van der Waals surface area (Å²) in [5, 5.41) is 7.15. The molecule has 0 radical (unpaired) electrons. The highest BCUT2D eigenvalue weighted by Crippen LogP contribution is 2.17. The number of rotatable bonds is 8. The number of aryl methyl sites for hydroxylation is 1. The van der Waals surface area contributed by atoms with Crippen molar-refractivity contribution in [1.82, 2.24) is 20.0 Å². The Morgan fingerprint density at radius 2 is 2.12 bits per heavy atom. The van der Waals surface area contributed by atoms with E-state index in [9.17, 15) is 9.18 Å². The minimum absolute atomic E-state index is 0.174. The van der Waals surface area contributed by atoms with Crippen molar-refractivity contribution in [3.8, 4) is 0 Å². The average molecular weight is 348 g/mol. The number of hydrogen-bond donors (Lipinski definition) is 1. The molecular formula is C18H25FN4O2. The number of hydrogen-bond acceptors (Lipinski definition) is 3. The second-order valence-corrected chi connectivity index (χ2v) is 5.90. The van der Waals surface area contributed by atoms with Crippen molar-refractivity contribution < 1.29 is 13.9 Å². The van der Waals surface area contributed by atoms with Crippen LogP contribution in [0.25, 0.3) is 0 Å². The maximum atomic E-state index is 13.1. The summed E-state index contributed by atoms with van der Waals surface area (Å²) in [5.74, 6) is -0.289. The second kappa shape index (κ2) is 9.17. The van der Waals surface area contributed by atoms with Crippen molar-refractivity contribution in [2.75, 3.05) is 20.3 Å². The lowest BCUT2D eigenvalue weighted by atomic mass is 10.0. The maximum Gasteiger partial charge on any atom is 0.318 e. The molecule has 1 atom stereocenters. The van der Waals surface area contributed by atoms with E-state index in [0.29, 0.717) is 26.1 Å². The average Bonchev–Trinajstić information content (AvgIpc) is 3.02. The largest absolute Gasteiger partial charge is 0.383 e. The number of carbonyl (C=O) groups excluding carboxylic acids is 1. The van der Waals surface area contributed by atoms with Crippen molar-refractivity contribution in [3.05, 3.63) is 53.6 Å². The molecule has 1 aromatic carbocycles. The Labute approximate surface area is 147 Å². The normalized spacial score (nSPS) is 12.0. The van der Waals surface area contributed by atoms with Crippen LogP contribution in [0, 0.1) is 5.82 Å². The van der Waals surface area contributed by atoms with Gasteiger partial charge < -0.3 is 15.0 Å². The SMILES string of the molecule is CC[C@@H](NC(=O)N(CCOC)Cc1cnn(C)c1)c1ccc(F)cc1. The minimum atomic E-state index is -0.289. The van der Waals surface area contributed by atoms with E-state index < -0.39 is 0 Å². The van der Waals surface area contributed by atoms with Gasteiger partial charge in [-0.25, -0.2) is 9.18 Å². The van der Waals surface area contributed by atoms with Gasteiger partial charge in [-0.15, -0.1) is 0 Å². The molecule has 136 valence electrons. The number of halogens is 1. The van der Waals surface area contributed by atoms with Crippen LogP contribution in [0.4, 0.5) is 9.18 Å². The zero-order valence-corrected chi connectivity index (χ0v) is 14.9. The fourth-order valence-corrected chi connectivity index (χ4v) is 2.58. The van der Waals surface area contributed by atoms with Crippen LogP contribution in [0.3, 0.4) is 0 Å². The molecule has 0 unspecified atom stereocenters. The minimum Gasteiger partial charge on any atom is -0.383 e. The van der Waals surface area contributed by atoms with Gasteiger partial charge in [-0.3, -0.25) is 4.68 Å². The molecule has 1 heterocycles.